The molecule has 2 unspecified atom stereocenters. The van der Waals surface area contributed by atoms with E-state index in [0.29, 0.717) is 25.3 Å². The highest BCUT2D eigenvalue weighted by molar-refractivity contribution is 5.62. The van der Waals surface area contributed by atoms with Crippen LogP contribution in [0.25, 0.3) is 11.1 Å². The van der Waals surface area contributed by atoms with Gasteiger partial charge in [-0.05, 0) is 30.5 Å². The minimum absolute atomic E-state index is 0.256. The first-order valence-corrected chi connectivity index (χ1v) is 11.1. The highest BCUT2D eigenvalue weighted by Crippen LogP contribution is 2.28. The van der Waals surface area contributed by atoms with E-state index in [-0.39, 0.29) is 6.10 Å². The monoisotopic (exact) mass is 398 g/mol. The molecule has 1 saturated heterocycles. The SMILES string of the molecule is CCCCCCCCOc1ncc(-c2ccc(OCC3OC3CCC)cc2)cn1. The molecule has 0 saturated carbocycles. The number of hydrogen-bond acceptors (Lipinski definition) is 5. The van der Waals surface area contributed by atoms with Crippen molar-refractivity contribution in [3.8, 4) is 22.9 Å². The topological polar surface area (TPSA) is 56.8 Å². The molecule has 1 aliphatic rings. The van der Waals surface area contributed by atoms with Gasteiger partial charge in [0.1, 0.15) is 18.5 Å². The first-order valence-electron chi connectivity index (χ1n) is 11.1. The summed E-state index contributed by atoms with van der Waals surface area (Å²) < 4.78 is 17.1. The highest BCUT2D eigenvalue weighted by Gasteiger charge is 2.38. The van der Waals surface area contributed by atoms with Crippen LogP contribution >= 0.6 is 0 Å². The second kappa shape index (κ2) is 11.8. The Morgan fingerprint density at radius 3 is 2.24 bits per heavy atom. The molecule has 1 aromatic heterocycles. The van der Waals surface area contributed by atoms with E-state index in [1.54, 1.807) is 0 Å². The minimum atomic E-state index is 0.256. The van der Waals surface area contributed by atoms with Crippen molar-refractivity contribution in [2.75, 3.05) is 13.2 Å². The molecule has 0 amide bonds. The summed E-state index contributed by atoms with van der Waals surface area (Å²) in [5.41, 5.74) is 2.03. The lowest BCUT2D eigenvalue weighted by molar-refractivity contribution is 0.259. The molecule has 0 N–H and O–H groups in total. The van der Waals surface area contributed by atoms with Crippen molar-refractivity contribution in [2.45, 2.75) is 77.4 Å². The number of benzene rings is 1. The fraction of sp³-hybridized carbons (Fsp3) is 0.583. The third kappa shape index (κ3) is 7.32. The summed E-state index contributed by atoms with van der Waals surface area (Å²) in [6, 6.07) is 8.48. The highest BCUT2D eigenvalue weighted by atomic mass is 16.6. The van der Waals surface area contributed by atoms with Crippen LogP contribution in [0, 0.1) is 0 Å². The smallest absolute Gasteiger partial charge is 0.316 e. The maximum atomic E-state index is 5.83. The van der Waals surface area contributed by atoms with Crippen LogP contribution < -0.4 is 9.47 Å². The average molecular weight is 399 g/mol. The molecule has 29 heavy (non-hydrogen) atoms. The summed E-state index contributed by atoms with van der Waals surface area (Å²) in [6.45, 7) is 5.72. The maximum Gasteiger partial charge on any atom is 0.316 e. The van der Waals surface area contributed by atoms with Crippen molar-refractivity contribution < 1.29 is 14.2 Å². The van der Waals surface area contributed by atoms with E-state index in [9.17, 15) is 0 Å². The van der Waals surface area contributed by atoms with E-state index in [2.05, 4.69) is 23.8 Å². The molecule has 1 aromatic carbocycles. The van der Waals surface area contributed by atoms with Crippen molar-refractivity contribution in [3.63, 3.8) is 0 Å². The predicted molar refractivity (Wildman–Crippen MR) is 115 cm³/mol. The zero-order chi connectivity index (χ0) is 20.3. The van der Waals surface area contributed by atoms with Crippen molar-refractivity contribution in [1.29, 1.82) is 0 Å². The lowest BCUT2D eigenvalue weighted by atomic mass is 10.1. The molecule has 2 aromatic rings. The van der Waals surface area contributed by atoms with E-state index < -0.39 is 0 Å². The van der Waals surface area contributed by atoms with Crippen molar-refractivity contribution >= 4 is 0 Å². The molecule has 0 aliphatic carbocycles. The minimum Gasteiger partial charge on any atom is -0.491 e. The molecule has 0 radical (unpaired) electrons. The largest absolute Gasteiger partial charge is 0.491 e. The summed E-state index contributed by atoms with van der Waals surface area (Å²) in [6.07, 6.45) is 14.0. The van der Waals surface area contributed by atoms with Gasteiger partial charge in [0.2, 0.25) is 0 Å². The molecule has 3 rings (SSSR count). The van der Waals surface area contributed by atoms with Crippen molar-refractivity contribution in [3.05, 3.63) is 36.7 Å². The van der Waals surface area contributed by atoms with Gasteiger partial charge in [-0.3, -0.25) is 0 Å². The lowest BCUT2D eigenvalue weighted by Gasteiger charge is -2.07. The van der Waals surface area contributed by atoms with E-state index in [1.165, 1.54) is 32.1 Å². The van der Waals surface area contributed by atoms with Gasteiger partial charge in [0.05, 0.1) is 12.7 Å². The van der Waals surface area contributed by atoms with Crippen LogP contribution in [-0.2, 0) is 4.74 Å². The number of rotatable bonds is 14. The van der Waals surface area contributed by atoms with Gasteiger partial charge in [0.25, 0.3) is 0 Å². The number of ether oxygens (including phenoxy) is 3. The van der Waals surface area contributed by atoms with Crippen LogP contribution in [0.4, 0.5) is 0 Å². The molecule has 158 valence electrons. The summed E-state index contributed by atoms with van der Waals surface area (Å²) in [4.78, 5) is 8.67. The Bertz CT molecular complexity index is 703. The standard InChI is InChI=1S/C24H34N2O3/c1-3-5-6-7-8-9-15-27-24-25-16-20(17-26-24)19-11-13-21(14-12-19)28-18-23-22(29-23)10-4-2/h11-14,16-17,22-23H,3-10,15,18H2,1-2H3. The Morgan fingerprint density at radius 2 is 1.52 bits per heavy atom. The molecule has 2 atom stereocenters. The predicted octanol–water partition coefficient (Wildman–Crippen LogP) is 5.83. The number of aromatic nitrogens is 2. The van der Waals surface area contributed by atoms with Gasteiger partial charge >= 0.3 is 6.01 Å². The van der Waals surface area contributed by atoms with Gasteiger partial charge in [0, 0.05) is 18.0 Å². The van der Waals surface area contributed by atoms with E-state index >= 15 is 0 Å². The number of unbranched alkanes of at least 4 members (excludes halogenated alkanes) is 5. The Labute approximate surface area is 174 Å². The van der Waals surface area contributed by atoms with Crippen LogP contribution in [0.1, 0.15) is 65.2 Å². The Morgan fingerprint density at radius 1 is 0.793 bits per heavy atom. The van der Waals surface area contributed by atoms with Gasteiger partial charge < -0.3 is 14.2 Å². The fourth-order valence-corrected chi connectivity index (χ4v) is 3.37. The number of hydrogen-bond donors (Lipinski definition) is 0. The maximum absolute atomic E-state index is 5.83. The van der Waals surface area contributed by atoms with Crippen molar-refractivity contribution in [1.82, 2.24) is 9.97 Å². The van der Waals surface area contributed by atoms with Crippen LogP contribution in [0.2, 0.25) is 0 Å². The quantitative estimate of drug-likeness (QED) is 0.296. The summed E-state index contributed by atoms with van der Waals surface area (Å²) >= 11 is 0. The van der Waals surface area contributed by atoms with Crippen LogP contribution in [0.5, 0.6) is 11.8 Å². The third-order valence-corrected chi connectivity index (χ3v) is 5.22. The first-order chi connectivity index (χ1) is 14.3. The second-order valence-corrected chi connectivity index (χ2v) is 7.71. The first kappa shape index (κ1) is 21.6. The fourth-order valence-electron chi connectivity index (χ4n) is 3.37. The van der Waals surface area contributed by atoms with Gasteiger partial charge in [-0.25, -0.2) is 9.97 Å². The second-order valence-electron chi connectivity index (χ2n) is 7.71. The number of nitrogens with zero attached hydrogens (tertiary/aromatic N) is 2. The Balaban J connectivity index is 1.38. The van der Waals surface area contributed by atoms with E-state index in [4.69, 9.17) is 14.2 Å². The lowest BCUT2D eigenvalue weighted by Crippen LogP contribution is -2.07. The zero-order valence-corrected chi connectivity index (χ0v) is 17.8. The van der Waals surface area contributed by atoms with Crippen molar-refractivity contribution in [2.24, 2.45) is 0 Å². The van der Waals surface area contributed by atoms with Crippen LogP contribution in [0.3, 0.4) is 0 Å². The van der Waals surface area contributed by atoms with Gasteiger partial charge in [0.15, 0.2) is 0 Å². The van der Waals surface area contributed by atoms with E-state index in [0.717, 1.165) is 36.1 Å². The van der Waals surface area contributed by atoms with Gasteiger partial charge in [-0.1, -0.05) is 64.5 Å². The molecule has 5 nitrogen and oxygen atoms in total. The Hall–Kier alpha value is -2.14. The summed E-state index contributed by atoms with van der Waals surface area (Å²) in [7, 11) is 0. The van der Waals surface area contributed by atoms with Gasteiger partial charge in [-0.2, -0.15) is 0 Å². The summed E-state index contributed by atoms with van der Waals surface area (Å²) in [5, 5.41) is 0. The normalized spacial score (nSPS) is 17.9. The molecule has 1 aliphatic heterocycles. The Kier molecular flexibility index (Phi) is 8.75. The third-order valence-electron chi connectivity index (χ3n) is 5.22. The molecule has 1 fully saturated rings. The molecule has 5 heteroatoms. The van der Waals surface area contributed by atoms with E-state index in [1.807, 2.05) is 36.7 Å². The van der Waals surface area contributed by atoms with Gasteiger partial charge in [-0.15, -0.1) is 0 Å². The average Bonchev–Trinajstić information content (AvgIpc) is 3.51. The molecular formula is C24H34N2O3. The van der Waals surface area contributed by atoms with Crippen LogP contribution in [0.15, 0.2) is 36.7 Å². The molecule has 0 bridgehead atoms. The van der Waals surface area contributed by atoms with Crippen LogP contribution in [-0.4, -0.2) is 35.4 Å². The molecular weight excluding hydrogens is 364 g/mol. The molecule has 2 heterocycles. The zero-order valence-electron chi connectivity index (χ0n) is 17.8. The number of epoxide rings is 1. The molecule has 0 spiro atoms. The summed E-state index contributed by atoms with van der Waals surface area (Å²) in [5.74, 6) is 0.860.